The second-order valence-corrected chi connectivity index (χ2v) is 2.79. The summed E-state index contributed by atoms with van der Waals surface area (Å²) >= 11 is 0. The van der Waals surface area contributed by atoms with E-state index < -0.39 is 9.05 Å². The first-order valence-electron chi connectivity index (χ1n) is 2.53. The molecule has 0 saturated carbocycles. The van der Waals surface area contributed by atoms with Gasteiger partial charge in [0.25, 0.3) is 0 Å². The summed E-state index contributed by atoms with van der Waals surface area (Å²) in [6.45, 7) is 0.289. The number of hydrogen-bond acceptors (Lipinski definition) is 6. The number of rotatable bonds is 5. The normalized spacial score (nSPS) is 12.0. The number of methoxy groups -OCH3 is 1. The molecule has 62 valence electrons. The van der Waals surface area contributed by atoms with Gasteiger partial charge in [-0.05, 0) is 0 Å². The van der Waals surface area contributed by atoms with Gasteiger partial charge in [0.2, 0.25) is 0 Å². The van der Waals surface area contributed by atoms with Gasteiger partial charge in [-0.1, -0.05) is 0 Å². The average molecular weight is 170 g/mol. The Labute approximate surface area is 59.0 Å². The summed E-state index contributed by atoms with van der Waals surface area (Å²) in [5.74, 6) is 0. The molecule has 0 atom stereocenters. The Bertz CT molecular complexity index is 79.6. The van der Waals surface area contributed by atoms with Crippen LogP contribution in [0.2, 0.25) is 0 Å². The van der Waals surface area contributed by atoms with Crippen molar-refractivity contribution in [3.8, 4) is 0 Å². The van der Waals surface area contributed by atoms with E-state index in [-0.39, 0.29) is 13.2 Å². The molecule has 0 radical (unpaired) electrons. The lowest BCUT2D eigenvalue weighted by Crippen LogP contribution is -2.39. The Balaban J connectivity index is 3.04. The standard InChI is InChI=1S/C3H10O6Si/c1-7-2-3-8-9-10(4,5)6/h4-6H,2-3H2,1H3. The molecule has 10 heavy (non-hydrogen) atoms. The molecule has 0 heterocycles. The first kappa shape index (κ1) is 9.98. The Morgan fingerprint density at radius 3 is 2.20 bits per heavy atom. The van der Waals surface area contributed by atoms with Crippen LogP contribution in [0.5, 0.6) is 0 Å². The molecule has 0 aliphatic heterocycles. The van der Waals surface area contributed by atoms with Crippen molar-refractivity contribution in [1.29, 1.82) is 0 Å². The Morgan fingerprint density at radius 2 is 1.80 bits per heavy atom. The van der Waals surface area contributed by atoms with Crippen LogP contribution in [-0.4, -0.2) is 43.8 Å². The quantitative estimate of drug-likeness (QED) is 0.191. The van der Waals surface area contributed by atoms with Gasteiger partial charge in [0.1, 0.15) is 6.61 Å². The minimum atomic E-state index is -4.48. The van der Waals surface area contributed by atoms with Gasteiger partial charge in [-0.3, -0.25) is 0 Å². The molecule has 0 fully saturated rings. The number of hydrogen-bond donors (Lipinski definition) is 3. The van der Waals surface area contributed by atoms with E-state index in [2.05, 4.69) is 14.2 Å². The van der Waals surface area contributed by atoms with Crippen molar-refractivity contribution in [2.45, 2.75) is 0 Å². The monoisotopic (exact) mass is 170 g/mol. The molecule has 0 aromatic rings. The Kier molecular flexibility index (Phi) is 4.73. The molecule has 0 aliphatic carbocycles. The molecule has 0 spiro atoms. The highest BCUT2D eigenvalue weighted by atomic mass is 28.4. The second kappa shape index (κ2) is 4.74. The third-order valence-electron chi connectivity index (χ3n) is 0.542. The van der Waals surface area contributed by atoms with Gasteiger partial charge in [-0.25, -0.2) is 4.89 Å². The van der Waals surface area contributed by atoms with Crippen LogP contribution in [0.15, 0.2) is 0 Å². The van der Waals surface area contributed by atoms with Gasteiger partial charge in [0.15, 0.2) is 0 Å². The van der Waals surface area contributed by atoms with Crippen LogP contribution >= 0.6 is 0 Å². The maximum atomic E-state index is 8.18. The van der Waals surface area contributed by atoms with Crippen molar-refractivity contribution < 1.29 is 28.6 Å². The summed E-state index contributed by atoms with van der Waals surface area (Å²) in [6.07, 6.45) is 0. The van der Waals surface area contributed by atoms with E-state index in [9.17, 15) is 0 Å². The fraction of sp³-hybridized carbons (Fsp3) is 1.00. The fourth-order valence-electron chi connectivity index (χ4n) is 0.238. The summed E-state index contributed by atoms with van der Waals surface area (Å²) in [4.78, 5) is 28.7. The molecule has 0 aromatic carbocycles. The van der Waals surface area contributed by atoms with Crippen molar-refractivity contribution in [2.24, 2.45) is 0 Å². The minimum absolute atomic E-state index is 0.0347. The largest absolute Gasteiger partial charge is 0.699 e. The predicted octanol–water partition coefficient (Wildman–Crippen LogP) is -2.01. The van der Waals surface area contributed by atoms with Crippen molar-refractivity contribution in [2.75, 3.05) is 20.3 Å². The molecule has 0 aromatic heterocycles. The molecule has 0 aliphatic rings. The molecule has 7 heteroatoms. The predicted molar refractivity (Wildman–Crippen MR) is 31.3 cm³/mol. The molecule has 0 rings (SSSR count). The first-order chi connectivity index (χ1) is 4.56. The summed E-state index contributed by atoms with van der Waals surface area (Å²) in [7, 11) is -3.04. The van der Waals surface area contributed by atoms with Crippen molar-refractivity contribution in [1.82, 2.24) is 0 Å². The van der Waals surface area contributed by atoms with Crippen LogP contribution in [0.1, 0.15) is 0 Å². The van der Waals surface area contributed by atoms with Crippen LogP contribution in [0.25, 0.3) is 0 Å². The smallest absolute Gasteiger partial charge is 0.382 e. The van der Waals surface area contributed by atoms with Gasteiger partial charge >= 0.3 is 9.05 Å². The summed E-state index contributed by atoms with van der Waals surface area (Å²) in [6, 6.07) is 0. The molecule has 0 unspecified atom stereocenters. The minimum Gasteiger partial charge on any atom is -0.382 e. The average Bonchev–Trinajstić information content (AvgIpc) is 1.78. The lowest BCUT2D eigenvalue weighted by atomic mass is 10.8. The third kappa shape index (κ3) is 7.98. The van der Waals surface area contributed by atoms with Gasteiger partial charge in [-0.15, -0.1) is 0 Å². The first-order valence-corrected chi connectivity index (χ1v) is 4.28. The Hall–Kier alpha value is -0.0231. The Morgan fingerprint density at radius 1 is 1.20 bits per heavy atom. The van der Waals surface area contributed by atoms with E-state index in [0.717, 1.165) is 0 Å². The van der Waals surface area contributed by atoms with E-state index in [1.807, 2.05) is 0 Å². The van der Waals surface area contributed by atoms with Crippen LogP contribution < -0.4 is 0 Å². The summed E-state index contributed by atoms with van der Waals surface area (Å²) < 4.78 is 8.28. The van der Waals surface area contributed by atoms with Gasteiger partial charge in [0, 0.05) is 7.11 Å². The molecule has 3 N–H and O–H groups in total. The van der Waals surface area contributed by atoms with E-state index in [0.29, 0.717) is 0 Å². The highest BCUT2D eigenvalue weighted by molar-refractivity contribution is 6.48. The lowest BCUT2D eigenvalue weighted by molar-refractivity contribution is -0.266. The topological polar surface area (TPSA) is 88.4 Å². The lowest BCUT2D eigenvalue weighted by Gasteiger charge is -2.07. The molecule has 0 amide bonds. The van der Waals surface area contributed by atoms with Crippen molar-refractivity contribution in [3.63, 3.8) is 0 Å². The van der Waals surface area contributed by atoms with Crippen LogP contribution in [-0.2, 0) is 14.2 Å². The van der Waals surface area contributed by atoms with Crippen LogP contribution in [0, 0.1) is 0 Å². The summed E-state index contributed by atoms with van der Waals surface area (Å²) in [5, 5.41) is 0. The molecule has 0 saturated heterocycles. The fourth-order valence-corrected chi connectivity index (χ4v) is 0.480. The van der Waals surface area contributed by atoms with Gasteiger partial charge in [0.05, 0.1) is 6.61 Å². The van der Waals surface area contributed by atoms with Crippen molar-refractivity contribution in [3.05, 3.63) is 0 Å². The van der Waals surface area contributed by atoms with E-state index in [1.165, 1.54) is 7.11 Å². The molecule has 0 bridgehead atoms. The van der Waals surface area contributed by atoms with Crippen LogP contribution in [0.4, 0.5) is 0 Å². The molecule has 6 nitrogen and oxygen atoms in total. The van der Waals surface area contributed by atoms with Crippen LogP contribution in [0.3, 0.4) is 0 Å². The molecular formula is C3H10O6Si. The van der Waals surface area contributed by atoms with Gasteiger partial charge in [-0.2, -0.15) is 4.58 Å². The molecular weight excluding hydrogens is 160 g/mol. The number of ether oxygens (including phenoxy) is 1. The SMILES string of the molecule is COCCOO[Si](O)(O)O. The van der Waals surface area contributed by atoms with E-state index in [1.54, 1.807) is 0 Å². The highest BCUT2D eigenvalue weighted by Crippen LogP contribution is 1.89. The zero-order valence-corrected chi connectivity index (χ0v) is 6.48. The maximum absolute atomic E-state index is 8.18. The zero-order valence-electron chi connectivity index (χ0n) is 5.48. The van der Waals surface area contributed by atoms with Crippen molar-refractivity contribution >= 4 is 9.05 Å². The zero-order chi connectivity index (χ0) is 8.04. The third-order valence-corrected chi connectivity index (χ3v) is 0.883. The van der Waals surface area contributed by atoms with E-state index >= 15 is 0 Å². The summed E-state index contributed by atoms with van der Waals surface area (Å²) in [5.41, 5.74) is 0. The second-order valence-electron chi connectivity index (χ2n) is 1.47. The maximum Gasteiger partial charge on any atom is 0.699 e. The van der Waals surface area contributed by atoms with Gasteiger partial charge < -0.3 is 19.1 Å². The van der Waals surface area contributed by atoms with E-state index in [4.69, 9.17) is 14.4 Å². The highest BCUT2D eigenvalue weighted by Gasteiger charge is 2.32.